The van der Waals surface area contributed by atoms with Gasteiger partial charge in [-0.3, -0.25) is 14.5 Å². The van der Waals surface area contributed by atoms with Crippen molar-refractivity contribution in [3.8, 4) is 23.0 Å². The fourth-order valence-electron chi connectivity index (χ4n) is 4.32. The summed E-state index contributed by atoms with van der Waals surface area (Å²) in [7, 11) is 5.64. The molecule has 38 heavy (non-hydrogen) atoms. The van der Waals surface area contributed by atoms with E-state index in [-0.39, 0.29) is 49.9 Å². The third-order valence-electron chi connectivity index (χ3n) is 6.03. The molecular formula is C27H22Cl2FNO7. The lowest BCUT2D eigenvalue weighted by Gasteiger charge is -2.26. The van der Waals surface area contributed by atoms with Crippen LogP contribution in [0.2, 0.25) is 10.0 Å². The number of aliphatic hydroxyl groups is 1. The molecule has 0 radical (unpaired) electrons. The molecule has 0 bridgehead atoms. The van der Waals surface area contributed by atoms with E-state index in [2.05, 4.69) is 0 Å². The Morgan fingerprint density at radius 2 is 1.37 bits per heavy atom. The molecule has 0 spiro atoms. The van der Waals surface area contributed by atoms with Gasteiger partial charge in [0.25, 0.3) is 11.7 Å². The number of hydrogen-bond donors (Lipinski definition) is 1. The predicted octanol–water partition coefficient (Wildman–Crippen LogP) is 5.79. The minimum absolute atomic E-state index is 0.0790. The van der Waals surface area contributed by atoms with Crippen LogP contribution in [0.25, 0.3) is 5.76 Å². The van der Waals surface area contributed by atoms with Crippen molar-refractivity contribution in [2.24, 2.45) is 0 Å². The van der Waals surface area contributed by atoms with Crippen LogP contribution in [0.1, 0.15) is 17.2 Å². The number of anilines is 1. The molecule has 0 aromatic heterocycles. The Labute approximate surface area is 227 Å². The summed E-state index contributed by atoms with van der Waals surface area (Å²) in [6.45, 7) is 0. The molecule has 8 nitrogen and oxygen atoms in total. The summed E-state index contributed by atoms with van der Waals surface area (Å²) in [5.41, 5.74) is 0.383. The number of carbonyl (C=O) groups excluding carboxylic acids is 2. The molecule has 1 aliphatic rings. The zero-order valence-corrected chi connectivity index (χ0v) is 22.2. The fourth-order valence-corrected chi connectivity index (χ4v) is 4.96. The Morgan fingerprint density at radius 1 is 0.842 bits per heavy atom. The predicted molar refractivity (Wildman–Crippen MR) is 140 cm³/mol. The van der Waals surface area contributed by atoms with Gasteiger partial charge in [0.2, 0.25) is 5.75 Å². The third kappa shape index (κ3) is 4.59. The normalized spacial score (nSPS) is 16.5. The quantitative estimate of drug-likeness (QED) is 0.221. The van der Waals surface area contributed by atoms with E-state index >= 15 is 0 Å². The van der Waals surface area contributed by atoms with Crippen molar-refractivity contribution in [2.75, 3.05) is 33.3 Å². The van der Waals surface area contributed by atoms with Gasteiger partial charge in [-0.1, -0.05) is 23.2 Å². The smallest absolute Gasteiger partial charge is 0.300 e. The van der Waals surface area contributed by atoms with Crippen molar-refractivity contribution >= 4 is 46.3 Å². The molecule has 1 saturated heterocycles. The zero-order valence-electron chi connectivity index (χ0n) is 20.7. The van der Waals surface area contributed by atoms with Crippen molar-refractivity contribution in [1.29, 1.82) is 0 Å². The highest BCUT2D eigenvalue weighted by molar-refractivity contribution is 6.51. The number of ether oxygens (including phenoxy) is 4. The first kappa shape index (κ1) is 27.1. The van der Waals surface area contributed by atoms with E-state index in [1.807, 2.05) is 0 Å². The topological polar surface area (TPSA) is 94.5 Å². The van der Waals surface area contributed by atoms with Crippen LogP contribution in [0.5, 0.6) is 23.0 Å². The lowest BCUT2D eigenvalue weighted by Crippen LogP contribution is -2.29. The minimum atomic E-state index is -1.17. The van der Waals surface area contributed by atoms with Crippen LogP contribution >= 0.6 is 23.2 Å². The number of benzene rings is 3. The number of aliphatic hydroxyl groups excluding tert-OH is 1. The Kier molecular flexibility index (Phi) is 7.71. The van der Waals surface area contributed by atoms with E-state index in [4.69, 9.17) is 42.1 Å². The minimum Gasteiger partial charge on any atom is -0.507 e. The van der Waals surface area contributed by atoms with E-state index in [0.29, 0.717) is 5.56 Å². The fraction of sp³-hybridized carbons (Fsp3) is 0.185. The van der Waals surface area contributed by atoms with Gasteiger partial charge in [0, 0.05) is 11.3 Å². The number of hydrogen-bond acceptors (Lipinski definition) is 7. The highest BCUT2D eigenvalue weighted by atomic mass is 35.5. The highest BCUT2D eigenvalue weighted by Crippen LogP contribution is 2.47. The zero-order chi connectivity index (χ0) is 27.7. The van der Waals surface area contributed by atoms with Gasteiger partial charge in [-0.05, 0) is 54.1 Å². The molecule has 1 atom stereocenters. The number of nitrogens with zero attached hydrogens (tertiary/aromatic N) is 1. The number of ketones is 1. The van der Waals surface area contributed by atoms with Crippen LogP contribution < -0.4 is 23.8 Å². The van der Waals surface area contributed by atoms with Crippen molar-refractivity contribution in [3.05, 3.63) is 81.1 Å². The standard InChI is InChI=1S/C27H22Cl2FNO7/c1-35-19-11-13(12-20(36-2)26(19)38-4)22-21(23(32)14-9-17(28)25(37-3)18(29)10-14)24(33)27(34)31(22)16-7-5-15(30)6-8-16/h5-12,22,32H,1-4H3/b23-21+. The van der Waals surface area contributed by atoms with Gasteiger partial charge in [0.1, 0.15) is 11.6 Å². The Morgan fingerprint density at radius 3 is 1.84 bits per heavy atom. The number of rotatable bonds is 7. The molecule has 0 aliphatic carbocycles. The van der Waals surface area contributed by atoms with Crippen LogP contribution in [0.15, 0.2) is 54.1 Å². The molecule has 4 rings (SSSR count). The molecule has 0 saturated carbocycles. The maximum atomic E-state index is 13.7. The molecule has 1 heterocycles. The molecule has 1 aliphatic heterocycles. The summed E-state index contributed by atoms with van der Waals surface area (Å²) in [4.78, 5) is 27.9. The van der Waals surface area contributed by atoms with Gasteiger partial charge in [-0.15, -0.1) is 0 Å². The van der Waals surface area contributed by atoms with Crippen molar-refractivity contribution < 1.29 is 38.0 Å². The molecule has 3 aromatic carbocycles. The van der Waals surface area contributed by atoms with E-state index in [1.54, 1.807) is 12.1 Å². The second-order valence-electron chi connectivity index (χ2n) is 8.08. The van der Waals surface area contributed by atoms with Gasteiger partial charge >= 0.3 is 0 Å². The number of halogens is 3. The van der Waals surface area contributed by atoms with Gasteiger partial charge in [0.15, 0.2) is 17.2 Å². The summed E-state index contributed by atoms with van der Waals surface area (Å²) in [6, 6.07) is 9.67. The number of methoxy groups -OCH3 is 4. The molecule has 1 unspecified atom stereocenters. The summed E-state index contributed by atoms with van der Waals surface area (Å²) >= 11 is 12.5. The van der Waals surface area contributed by atoms with Crippen molar-refractivity contribution in [2.45, 2.75) is 6.04 Å². The summed E-state index contributed by atoms with van der Waals surface area (Å²) in [5.74, 6) is -2.01. The second-order valence-corrected chi connectivity index (χ2v) is 8.89. The average Bonchev–Trinajstić information content (AvgIpc) is 3.17. The molecule has 1 fully saturated rings. The Balaban J connectivity index is 2.03. The summed E-state index contributed by atoms with van der Waals surface area (Å²) in [6.07, 6.45) is 0. The monoisotopic (exact) mass is 561 g/mol. The molecule has 1 amide bonds. The van der Waals surface area contributed by atoms with Crippen LogP contribution in [0.4, 0.5) is 10.1 Å². The molecule has 198 valence electrons. The second kappa shape index (κ2) is 10.8. The van der Waals surface area contributed by atoms with Gasteiger partial charge in [0.05, 0.1) is 50.1 Å². The van der Waals surface area contributed by atoms with Gasteiger partial charge in [-0.25, -0.2) is 4.39 Å². The van der Waals surface area contributed by atoms with Crippen LogP contribution in [-0.4, -0.2) is 45.2 Å². The van der Waals surface area contributed by atoms with E-state index in [0.717, 1.165) is 17.0 Å². The third-order valence-corrected chi connectivity index (χ3v) is 6.59. The van der Waals surface area contributed by atoms with Gasteiger partial charge in [-0.2, -0.15) is 0 Å². The van der Waals surface area contributed by atoms with Gasteiger partial charge < -0.3 is 24.1 Å². The molecule has 11 heteroatoms. The van der Waals surface area contributed by atoms with Crippen LogP contribution in [0, 0.1) is 5.82 Å². The maximum absolute atomic E-state index is 13.7. The average molecular weight is 562 g/mol. The lowest BCUT2D eigenvalue weighted by atomic mass is 9.94. The molecular weight excluding hydrogens is 540 g/mol. The molecule has 1 N–H and O–H groups in total. The van der Waals surface area contributed by atoms with Crippen molar-refractivity contribution in [3.63, 3.8) is 0 Å². The number of carbonyl (C=O) groups is 2. The van der Waals surface area contributed by atoms with Crippen molar-refractivity contribution in [1.82, 2.24) is 0 Å². The van der Waals surface area contributed by atoms with E-state index in [9.17, 15) is 19.1 Å². The first-order valence-electron chi connectivity index (χ1n) is 11.1. The number of amides is 1. The van der Waals surface area contributed by atoms with Crippen LogP contribution in [-0.2, 0) is 9.59 Å². The lowest BCUT2D eigenvalue weighted by molar-refractivity contribution is -0.132. The maximum Gasteiger partial charge on any atom is 0.300 e. The SMILES string of the molecule is COc1cc(C2/C(=C(\O)c3cc(Cl)c(OC)c(Cl)c3)C(=O)C(=O)N2c2ccc(F)cc2)cc(OC)c1OC. The summed E-state index contributed by atoms with van der Waals surface area (Å²) in [5, 5.41) is 11.6. The Bertz CT molecular complexity index is 1410. The highest BCUT2D eigenvalue weighted by Gasteiger charge is 2.47. The first-order valence-corrected chi connectivity index (χ1v) is 11.8. The molecule has 3 aromatic rings. The summed E-state index contributed by atoms with van der Waals surface area (Å²) < 4.78 is 35.2. The number of Topliss-reactive ketones (excluding diaryl/α,β-unsaturated/α-hetero) is 1. The van der Waals surface area contributed by atoms with E-state index in [1.165, 1.54) is 52.7 Å². The largest absolute Gasteiger partial charge is 0.507 e. The first-order chi connectivity index (χ1) is 18.2. The Hall–Kier alpha value is -3.95. The van der Waals surface area contributed by atoms with Crippen LogP contribution in [0.3, 0.4) is 0 Å². The van der Waals surface area contributed by atoms with E-state index < -0.39 is 29.3 Å².